The Bertz CT molecular complexity index is 349. The number of carbonyl (C=O) groups excluding carboxylic acids is 1. The van der Waals surface area contributed by atoms with E-state index in [9.17, 15) is 4.79 Å². The SMILES string of the molecule is CSc1ccc(C(=O)CSCC(C)CO)cc1. The molecule has 0 saturated carbocycles. The predicted octanol–water partition coefficient (Wildman–Crippen LogP) is 2.95. The summed E-state index contributed by atoms with van der Waals surface area (Å²) in [5.41, 5.74) is 0.770. The predicted molar refractivity (Wildman–Crippen MR) is 76.1 cm³/mol. The molecule has 0 aliphatic carbocycles. The number of carbonyl (C=O) groups is 1. The molecule has 1 atom stereocenters. The zero-order valence-corrected chi connectivity index (χ0v) is 11.8. The van der Waals surface area contributed by atoms with Crippen LogP contribution in [-0.2, 0) is 0 Å². The van der Waals surface area contributed by atoms with E-state index in [4.69, 9.17) is 5.11 Å². The molecule has 0 amide bonds. The van der Waals surface area contributed by atoms with Gasteiger partial charge in [-0.25, -0.2) is 0 Å². The van der Waals surface area contributed by atoms with Crippen LogP contribution in [0.4, 0.5) is 0 Å². The molecular formula is C13H18O2S2. The Balaban J connectivity index is 2.41. The number of hydrogen-bond acceptors (Lipinski definition) is 4. The van der Waals surface area contributed by atoms with Gasteiger partial charge in [-0.3, -0.25) is 4.79 Å². The molecule has 1 aromatic rings. The molecule has 0 aromatic heterocycles. The maximum Gasteiger partial charge on any atom is 0.172 e. The number of rotatable bonds is 7. The van der Waals surface area contributed by atoms with Gasteiger partial charge in [0, 0.05) is 17.1 Å². The fraction of sp³-hybridized carbons (Fsp3) is 0.462. The van der Waals surface area contributed by atoms with Crippen molar-refractivity contribution in [2.45, 2.75) is 11.8 Å². The van der Waals surface area contributed by atoms with Crippen molar-refractivity contribution < 1.29 is 9.90 Å². The summed E-state index contributed by atoms with van der Waals surface area (Å²) in [7, 11) is 0. The van der Waals surface area contributed by atoms with Gasteiger partial charge in [-0.1, -0.05) is 19.1 Å². The summed E-state index contributed by atoms with van der Waals surface area (Å²) in [6.07, 6.45) is 2.02. The summed E-state index contributed by atoms with van der Waals surface area (Å²) in [5, 5.41) is 8.87. The van der Waals surface area contributed by atoms with Gasteiger partial charge in [0.05, 0.1) is 5.75 Å². The molecular weight excluding hydrogens is 252 g/mol. The third kappa shape index (κ3) is 5.15. The van der Waals surface area contributed by atoms with Crippen molar-refractivity contribution in [2.24, 2.45) is 5.92 Å². The molecule has 1 N–H and O–H groups in total. The summed E-state index contributed by atoms with van der Waals surface area (Å²) in [4.78, 5) is 13.0. The maximum absolute atomic E-state index is 11.8. The van der Waals surface area contributed by atoms with E-state index in [-0.39, 0.29) is 18.3 Å². The molecule has 0 spiro atoms. The van der Waals surface area contributed by atoms with Gasteiger partial charge in [0.2, 0.25) is 0 Å². The average molecular weight is 270 g/mol. The van der Waals surface area contributed by atoms with Gasteiger partial charge in [-0.05, 0) is 30.1 Å². The Morgan fingerprint density at radius 2 is 2.00 bits per heavy atom. The van der Waals surface area contributed by atoms with E-state index in [0.717, 1.165) is 11.3 Å². The zero-order valence-electron chi connectivity index (χ0n) is 10.2. The van der Waals surface area contributed by atoms with Crippen LogP contribution < -0.4 is 0 Å². The largest absolute Gasteiger partial charge is 0.396 e. The highest BCUT2D eigenvalue weighted by Gasteiger charge is 2.07. The molecule has 0 aliphatic rings. The lowest BCUT2D eigenvalue weighted by atomic mass is 10.1. The number of Topliss-reactive ketones (excluding diaryl/α,β-unsaturated/α-hetero) is 1. The Labute approximate surface area is 111 Å². The molecule has 0 heterocycles. The monoisotopic (exact) mass is 270 g/mol. The molecule has 0 aliphatic heterocycles. The fourth-order valence-corrected chi connectivity index (χ4v) is 2.65. The molecule has 94 valence electrons. The van der Waals surface area contributed by atoms with Gasteiger partial charge < -0.3 is 5.11 Å². The van der Waals surface area contributed by atoms with E-state index in [2.05, 4.69) is 0 Å². The minimum Gasteiger partial charge on any atom is -0.396 e. The van der Waals surface area contributed by atoms with E-state index in [0.29, 0.717) is 5.75 Å². The first-order valence-corrected chi connectivity index (χ1v) is 7.91. The topological polar surface area (TPSA) is 37.3 Å². The van der Waals surface area contributed by atoms with Crippen LogP contribution in [0.5, 0.6) is 0 Å². The molecule has 1 aromatic carbocycles. The van der Waals surface area contributed by atoms with Crippen molar-refractivity contribution in [3.8, 4) is 0 Å². The maximum atomic E-state index is 11.8. The van der Waals surface area contributed by atoms with E-state index in [1.54, 1.807) is 23.5 Å². The van der Waals surface area contributed by atoms with Crippen LogP contribution in [0.15, 0.2) is 29.2 Å². The molecule has 2 nitrogen and oxygen atoms in total. The second-order valence-electron chi connectivity index (χ2n) is 3.95. The van der Waals surface area contributed by atoms with Crippen LogP contribution >= 0.6 is 23.5 Å². The van der Waals surface area contributed by atoms with Crippen molar-refractivity contribution in [3.63, 3.8) is 0 Å². The van der Waals surface area contributed by atoms with Crippen molar-refractivity contribution in [1.82, 2.24) is 0 Å². The first-order valence-electron chi connectivity index (χ1n) is 5.53. The van der Waals surface area contributed by atoms with E-state index in [1.165, 1.54) is 4.90 Å². The fourth-order valence-electron chi connectivity index (χ4n) is 1.27. The minimum absolute atomic E-state index is 0.160. The lowest BCUT2D eigenvalue weighted by Gasteiger charge is -2.06. The molecule has 4 heteroatoms. The van der Waals surface area contributed by atoms with Gasteiger partial charge >= 0.3 is 0 Å². The Hall–Kier alpha value is -0.450. The summed E-state index contributed by atoms with van der Waals surface area (Å²) < 4.78 is 0. The van der Waals surface area contributed by atoms with Crippen molar-refractivity contribution in [1.29, 1.82) is 0 Å². The summed E-state index contributed by atoms with van der Waals surface area (Å²) in [6.45, 7) is 2.16. The van der Waals surface area contributed by atoms with Gasteiger partial charge in [-0.2, -0.15) is 11.8 Å². The first kappa shape index (κ1) is 14.6. The highest BCUT2D eigenvalue weighted by atomic mass is 32.2. The highest BCUT2D eigenvalue weighted by Crippen LogP contribution is 2.16. The molecule has 0 saturated heterocycles. The van der Waals surface area contributed by atoms with Crippen molar-refractivity contribution in [2.75, 3.05) is 24.4 Å². The first-order chi connectivity index (χ1) is 8.17. The second kappa shape index (κ2) is 7.80. The molecule has 0 fully saturated rings. The van der Waals surface area contributed by atoms with Gasteiger partial charge in [0.1, 0.15) is 0 Å². The van der Waals surface area contributed by atoms with Crippen LogP contribution in [0, 0.1) is 5.92 Å². The van der Waals surface area contributed by atoms with Gasteiger partial charge in [0.15, 0.2) is 5.78 Å². The van der Waals surface area contributed by atoms with Crippen molar-refractivity contribution in [3.05, 3.63) is 29.8 Å². The van der Waals surface area contributed by atoms with Crippen LogP contribution in [0.1, 0.15) is 17.3 Å². The van der Waals surface area contributed by atoms with Crippen molar-refractivity contribution >= 4 is 29.3 Å². The number of benzene rings is 1. The number of aliphatic hydroxyl groups excluding tert-OH is 1. The summed E-state index contributed by atoms with van der Waals surface area (Å²) >= 11 is 3.25. The number of hydrogen-bond donors (Lipinski definition) is 1. The van der Waals surface area contributed by atoms with Crippen LogP contribution in [-0.4, -0.2) is 35.3 Å². The molecule has 1 unspecified atom stereocenters. The van der Waals surface area contributed by atoms with Gasteiger partial charge in [-0.15, -0.1) is 11.8 Å². The van der Waals surface area contributed by atoms with Crippen LogP contribution in [0.2, 0.25) is 0 Å². The second-order valence-corrected chi connectivity index (χ2v) is 5.86. The van der Waals surface area contributed by atoms with Gasteiger partial charge in [0.25, 0.3) is 0 Å². The van der Waals surface area contributed by atoms with E-state index < -0.39 is 0 Å². The quantitative estimate of drug-likeness (QED) is 0.610. The lowest BCUT2D eigenvalue weighted by Crippen LogP contribution is -2.08. The third-order valence-corrected chi connectivity index (χ3v) is 4.37. The molecule has 0 bridgehead atoms. The van der Waals surface area contributed by atoms with E-state index in [1.807, 2.05) is 37.4 Å². The third-order valence-electron chi connectivity index (χ3n) is 2.36. The highest BCUT2D eigenvalue weighted by molar-refractivity contribution is 8.00. The van der Waals surface area contributed by atoms with E-state index >= 15 is 0 Å². The normalized spacial score (nSPS) is 12.4. The molecule has 1 rings (SSSR count). The molecule has 0 radical (unpaired) electrons. The minimum atomic E-state index is 0.160. The average Bonchev–Trinajstić information content (AvgIpc) is 2.38. The van der Waals surface area contributed by atoms with Crippen LogP contribution in [0.3, 0.4) is 0 Å². The Morgan fingerprint density at radius 3 is 2.53 bits per heavy atom. The number of thioether (sulfide) groups is 2. The Morgan fingerprint density at radius 1 is 1.35 bits per heavy atom. The van der Waals surface area contributed by atoms with Crippen LogP contribution in [0.25, 0.3) is 0 Å². The summed E-state index contributed by atoms with van der Waals surface area (Å²) in [6, 6.07) is 7.70. The standard InChI is InChI=1S/C13H18O2S2/c1-10(7-14)8-17-9-13(15)11-3-5-12(16-2)6-4-11/h3-6,10,14H,7-9H2,1-2H3. The summed E-state index contributed by atoms with van der Waals surface area (Å²) in [5.74, 6) is 1.73. The smallest absolute Gasteiger partial charge is 0.172 e. The number of aliphatic hydroxyl groups is 1. The number of ketones is 1. The molecule has 17 heavy (non-hydrogen) atoms. The Kier molecular flexibility index (Phi) is 6.70. The zero-order chi connectivity index (χ0) is 12.7. The lowest BCUT2D eigenvalue weighted by molar-refractivity contribution is 0.102.